The monoisotopic (exact) mass is 256 g/mol. The maximum atomic E-state index is 8.97. The van der Waals surface area contributed by atoms with Gasteiger partial charge in [0.05, 0.1) is 25.3 Å². The number of hydrogen-bond acceptors (Lipinski definition) is 3. The Bertz CT molecular complexity index is 413. The maximum absolute atomic E-state index is 8.97. The van der Waals surface area contributed by atoms with E-state index in [1.807, 2.05) is 26.0 Å². The second-order valence-corrected chi connectivity index (χ2v) is 4.02. The average molecular weight is 257 g/mol. The zero-order valence-electron chi connectivity index (χ0n) is 10.3. The van der Waals surface area contributed by atoms with Crippen LogP contribution in [0.2, 0.25) is 5.02 Å². The average Bonchev–Trinajstić information content (AvgIpc) is 2.32. The number of halogens is 1. The lowest BCUT2D eigenvalue weighted by atomic mass is 10.1. The molecule has 3 nitrogen and oxygen atoms in total. The van der Waals surface area contributed by atoms with Gasteiger partial charge < -0.3 is 14.6 Å². The van der Waals surface area contributed by atoms with Crippen LogP contribution in [0.3, 0.4) is 0 Å². The van der Waals surface area contributed by atoms with E-state index in [1.54, 1.807) is 13.2 Å². The molecule has 0 heterocycles. The van der Waals surface area contributed by atoms with Gasteiger partial charge in [-0.3, -0.25) is 0 Å². The number of hydrogen-bond donors (Lipinski definition) is 1. The molecule has 4 heteroatoms. The van der Waals surface area contributed by atoms with E-state index in [1.165, 1.54) is 0 Å². The van der Waals surface area contributed by atoms with Gasteiger partial charge in [0.1, 0.15) is 0 Å². The van der Waals surface area contributed by atoms with Crippen LogP contribution < -0.4 is 9.47 Å². The van der Waals surface area contributed by atoms with Gasteiger partial charge in [0.15, 0.2) is 11.5 Å². The molecule has 0 spiro atoms. The fraction of sp³-hybridized carbons (Fsp3) is 0.385. The molecule has 0 bridgehead atoms. The second-order valence-electron chi connectivity index (χ2n) is 3.62. The highest BCUT2D eigenvalue weighted by atomic mass is 35.5. The normalized spacial score (nSPS) is 11.5. The highest BCUT2D eigenvalue weighted by molar-refractivity contribution is 6.32. The van der Waals surface area contributed by atoms with Crippen LogP contribution in [0.4, 0.5) is 0 Å². The molecule has 1 N–H and O–H groups in total. The van der Waals surface area contributed by atoms with Crippen molar-refractivity contribution in [3.63, 3.8) is 0 Å². The Morgan fingerprint density at radius 3 is 2.71 bits per heavy atom. The van der Waals surface area contributed by atoms with Crippen LogP contribution in [0.5, 0.6) is 11.5 Å². The van der Waals surface area contributed by atoms with Crippen molar-refractivity contribution in [2.45, 2.75) is 13.8 Å². The Morgan fingerprint density at radius 1 is 1.47 bits per heavy atom. The van der Waals surface area contributed by atoms with E-state index in [0.717, 1.165) is 11.1 Å². The summed E-state index contributed by atoms with van der Waals surface area (Å²) in [6.07, 6.45) is 1.85. The van der Waals surface area contributed by atoms with Gasteiger partial charge in [-0.25, -0.2) is 0 Å². The number of ether oxygens (including phenoxy) is 2. The molecule has 0 aliphatic heterocycles. The summed E-state index contributed by atoms with van der Waals surface area (Å²) in [7, 11) is 1.57. The molecule has 0 aliphatic carbocycles. The van der Waals surface area contributed by atoms with Crippen molar-refractivity contribution >= 4 is 17.7 Å². The molecule has 0 unspecified atom stereocenters. The second kappa shape index (κ2) is 6.52. The van der Waals surface area contributed by atoms with Gasteiger partial charge in [-0.1, -0.05) is 17.7 Å². The third-order valence-electron chi connectivity index (χ3n) is 2.20. The molecule has 0 saturated carbocycles. The number of benzene rings is 1. The van der Waals surface area contributed by atoms with Crippen molar-refractivity contribution in [1.82, 2.24) is 0 Å². The van der Waals surface area contributed by atoms with Gasteiger partial charge in [-0.05, 0) is 37.1 Å². The van der Waals surface area contributed by atoms with Gasteiger partial charge in [-0.2, -0.15) is 0 Å². The minimum Gasteiger partial charge on any atom is -0.493 e. The first-order valence-electron chi connectivity index (χ1n) is 5.40. The molecule has 0 atom stereocenters. The van der Waals surface area contributed by atoms with Crippen LogP contribution in [0.15, 0.2) is 17.7 Å². The molecule has 94 valence electrons. The number of rotatable bonds is 5. The van der Waals surface area contributed by atoms with Crippen LogP contribution in [0, 0.1) is 0 Å². The van der Waals surface area contributed by atoms with Crippen molar-refractivity contribution in [3.8, 4) is 11.5 Å². The Balaban J connectivity index is 3.17. The maximum Gasteiger partial charge on any atom is 0.179 e. The molecule has 1 aromatic carbocycles. The molecular formula is C13H17ClO3. The molecular weight excluding hydrogens is 240 g/mol. The lowest BCUT2D eigenvalue weighted by molar-refractivity contribution is 0.311. The van der Waals surface area contributed by atoms with E-state index in [4.69, 9.17) is 26.2 Å². The molecule has 17 heavy (non-hydrogen) atoms. The van der Waals surface area contributed by atoms with E-state index in [2.05, 4.69) is 0 Å². The third-order valence-corrected chi connectivity index (χ3v) is 2.48. The molecule has 0 radical (unpaired) electrons. The van der Waals surface area contributed by atoms with Crippen LogP contribution in [-0.4, -0.2) is 25.4 Å². The van der Waals surface area contributed by atoms with Crippen molar-refractivity contribution in [2.75, 3.05) is 20.3 Å². The topological polar surface area (TPSA) is 38.7 Å². The molecule has 0 fully saturated rings. The summed E-state index contributed by atoms with van der Waals surface area (Å²) < 4.78 is 10.7. The summed E-state index contributed by atoms with van der Waals surface area (Å²) in [6, 6.07) is 3.62. The van der Waals surface area contributed by atoms with Gasteiger partial charge in [0.2, 0.25) is 0 Å². The molecule has 0 saturated heterocycles. The first-order valence-corrected chi connectivity index (χ1v) is 5.78. The predicted octanol–water partition coefficient (Wildman–Crippen LogP) is 3.14. The Labute approximate surface area is 107 Å². The number of aliphatic hydroxyl groups is 1. The SMILES string of the molecule is CCOc1c(Cl)cc(C=C(C)CO)cc1OC. The first-order chi connectivity index (χ1) is 8.12. The Kier molecular flexibility index (Phi) is 5.32. The van der Waals surface area contributed by atoms with Crippen molar-refractivity contribution in [2.24, 2.45) is 0 Å². The molecule has 1 rings (SSSR count). The van der Waals surface area contributed by atoms with Crippen molar-refractivity contribution < 1.29 is 14.6 Å². The summed E-state index contributed by atoms with van der Waals surface area (Å²) in [4.78, 5) is 0. The smallest absolute Gasteiger partial charge is 0.179 e. The fourth-order valence-corrected chi connectivity index (χ4v) is 1.71. The van der Waals surface area contributed by atoms with E-state index in [0.29, 0.717) is 23.1 Å². The lowest BCUT2D eigenvalue weighted by Crippen LogP contribution is -1.97. The van der Waals surface area contributed by atoms with E-state index in [-0.39, 0.29) is 6.61 Å². The standard InChI is InChI=1S/C13H17ClO3/c1-4-17-13-11(14)6-10(5-9(2)8-15)7-12(13)16-3/h5-7,15H,4,8H2,1-3H3. The minimum atomic E-state index is 0.0210. The largest absolute Gasteiger partial charge is 0.493 e. The summed E-state index contributed by atoms with van der Waals surface area (Å²) in [5.74, 6) is 1.15. The molecule has 0 aromatic heterocycles. The number of methoxy groups -OCH3 is 1. The third kappa shape index (κ3) is 3.65. The van der Waals surface area contributed by atoms with Crippen molar-refractivity contribution in [3.05, 3.63) is 28.3 Å². The lowest BCUT2D eigenvalue weighted by Gasteiger charge is -2.12. The van der Waals surface area contributed by atoms with Crippen LogP contribution >= 0.6 is 11.6 Å². The van der Waals surface area contributed by atoms with Gasteiger partial charge in [0, 0.05) is 0 Å². The highest BCUT2D eigenvalue weighted by Crippen LogP contribution is 2.36. The summed E-state index contributed by atoms with van der Waals surface area (Å²) in [5, 5.41) is 9.48. The van der Waals surface area contributed by atoms with Crippen LogP contribution in [-0.2, 0) is 0 Å². The van der Waals surface area contributed by atoms with E-state index in [9.17, 15) is 0 Å². The fourth-order valence-electron chi connectivity index (χ4n) is 1.44. The first kappa shape index (κ1) is 13.9. The zero-order valence-corrected chi connectivity index (χ0v) is 11.0. The van der Waals surface area contributed by atoms with Crippen LogP contribution in [0.1, 0.15) is 19.4 Å². The van der Waals surface area contributed by atoms with Crippen LogP contribution in [0.25, 0.3) is 6.08 Å². The summed E-state index contributed by atoms with van der Waals surface area (Å²) in [5.41, 5.74) is 1.73. The molecule has 0 amide bonds. The molecule has 1 aromatic rings. The Hall–Kier alpha value is -1.19. The van der Waals surface area contributed by atoms with E-state index < -0.39 is 0 Å². The van der Waals surface area contributed by atoms with E-state index >= 15 is 0 Å². The summed E-state index contributed by atoms with van der Waals surface area (Å²) >= 11 is 6.12. The quantitative estimate of drug-likeness (QED) is 0.880. The van der Waals surface area contributed by atoms with Gasteiger partial charge >= 0.3 is 0 Å². The van der Waals surface area contributed by atoms with Gasteiger partial charge in [0.25, 0.3) is 0 Å². The highest BCUT2D eigenvalue weighted by Gasteiger charge is 2.10. The van der Waals surface area contributed by atoms with Gasteiger partial charge in [-0.15, -0.1) is 0 Å². The summed E-state index contributed by atoms with van der Waals surface area (Å²) in [6.45, 7) is 4.28. The minimum absolute atomic E-state index is 0.0210. The predicted molar refractivity (Wildman–Crippen MR) is 69.9 cm³/mol. The molecule has 0 aliphatic rings. The zero-order chi connectivity index (χ0) is 12.8. The number of aliphatic hydroxyl groups excluding tert-OH is 1. The van der Waals surface area contributed by atoms with Crippen molar-refractivity contribution in [1.29, 1.82) is 0 Å². The Morgan fingerprint density at radius 2 is 2.18 bits per heavy atom.